The zero-order chi connectivity index (χ0) is 19.7. The maximum absolute atomic E-state index is 14.1. The molecule has 0 amide bonds. The number of fused-ring (bicyclic) bond motifs is 1. The SMILES string of the molecule is Cc1ccc(-c2oc3ccccc3c(=O)c2OCc2c(F)cccc2Cl)cc1. The first-order valence-electron chi connectivity index (χ1n) is 8.73. The summed E-state index contributed by atoms with van der Waals surface area (Å²) < 4.78 is 25.9. The van der Waals surface area contributed by atoms with Crippen molar-refractivity contribution in [2.75, 3.05) is 0 Å². The number of benzene rings is 3. The largest absolute Gasteiger partial charge is 0.481 e. The van der Waals surface area contributed by atoms with Gasteiger partial charge >= 0.3 is 0 Å². The van der Waals surface area contributed by atoms with Crippen molar-refractivity contribution >= 4 is 22.6 Å². The predicted molar refractivity (Wildman–Crippen MR) is 108 cm³/mol. The number of hydrogen-bond donors (Lipinski definition) is 0. The second-order valence-electron chi connectivity index (χ2n) is 6.44. The fraction of sp³-hybridized carbons (Fsp3) is 0.0870. The molecule has 28 heavy (non-hydrogen) atoms. The van der Waals surface area contributed by atoms with Gasteiger partial charge in [0.15, 0.2) is 5.76 Å². The zero-order valence-corrected chi connectivity index (χ0v) is 15.8. The number of aryl methyl sites for hydroxylation is 1. The van der Waals surface area contributed by atoms with Crippen LogP contribution < -0.4 is 10.2 Å². The van der Waals surface area contributed by atoms with Crippen LogP contribution in [0.3, 0.4) is 0 Å². The molecule has 0 bridgehead atoms. The number of halogens is 2. The lowest BCUT2D eigenvalue weighted by molar-refractivity contribution is 0.292. The Kier molecular flexibility index (Phi) is 4.88. The molecular weight excluding hydrogens is 379 g/mol. The lowest BCUT2D eigenvalue weighted by atomic mass is 10.1. The van der Waals surface area contributed by atoms with Crippen LogP contribution in [0, 0.1) is 12.7 Å². The Balaban J connectivity index is 1.85. The minimum Gasteiger partial charge on any atom is -0.481 e. The highest BCUT2D eigenvalue weighted by Crippen LogP contribution is 2.32. The first-order valence-corrected chi connectivity index (χ1v) is 9.11. The molecule has 0 aliphatic heterocycles. The van der Waals surface area contributed by atoms with Gasteiger partial charge in [0.1, 0.15) is 18.0 Å². The summed E-state index contributed by atoms with van der Waals surface area (Å²) in [5, 5.41) is 0.634. The van der Waals surface area contributed by atoms with Crippen LogP contribution in [0.25, 0.3) is 22.3 Å². The molecule has 3 aromatic carbocycles. The molecule has 0 unspecified atom stereocenters. The van der Waals surface area contributed by atoms with E-state index in [1.54, 1.807) is 30.3 Å². The van der Waals surface area contributed by atoms with Crippen LogP contribution in [0.2, 0.25) is 5.02 Å². The van der Waals surface area contributed by atoms with Crippen molar-refractivity contribution in [3.8, 4) is 17.1 Å². The summed E-state index contributed by atoms with van der Waals surface area (Å²) in [6.45, 7) is 1.78. The van der Waals surface area contributed by atoms with Gasteiger partial charge in [-0.2, -0.15) is 0 Å². The normalized spacial score (nSPS) is 11.0. The average molecular weight is 395 g/mol. The van der Waals surface area contributed by atoms with Crippen molar-refractivity contribution < 1.29 is 13.5 Å². The summed E-state index contributed by atoms with van der Waals surface area (Å²) in [6, 6.07) is 18.9. The Labute approximate surface area is 166 Å². The third kappa shape index (κ3) is 3.39. The number of rotatable bonds is 4. The Morgan fingerprint density at radius 1 is 1.00 bits per heavy atom. The molecule has 0 N–H and O–H groups in total. The first-order chi connectivity index (χ1) is 13.5. The molecule has 3 nitrogen and oxygen atoms in total. The van der Waals surface area contributed by atoms with E-state index in [9.17, 15) is 9.18 Å². The highest BCUT2D eigenvalue weighted by molar-refractivity contribution is 6.31. The van der Waals surface area contributed by atoms with Crippen LogP contribution in [-0.4, -0.2) is 0 Å². The van der Waals surface area contributed by atoms with Gasteiger partial charge in [0, 0.05) is 11.1 Å². The zero-order valence-electron chi connectivity index (χ0n) is 15.0. The highest BCUT2D eigenvalue weighted by atomic mass is 35.5. The fourth-order valence-electron chi connectivity index (χ4n) is 2.97. The monoisotopic (exact) mass is 394 g/mol. The molecule has 4 rings (SSSR count). The predicted octanol–water partition coefficient (Wildman–Crippen LogP) is 6.14. The maximum Gasteiger partial charge on any atom is 0.235 e. The molecule has 0 saturated heterocycles. The first kappa shape index (κ1) is 18.3. The lowest BCUT2D eigenvalue weighted by Gasteiger charge is -2.13. The Bertz CT molecular complexity index is 1190. The van der Waals surface area contributed by atoms with Crippen molar-refractivity contribution in [3.05, 3.63) is 98.9 Å². The molecule has 0 aliphatic rings. The van der Waals surface area contributed by atoms with E-state index in [-0.39, 0.29) is 28.4 Å². The van der Waals surface area contributed by atoms with Crippen LogP contribution in [0.4, 0.5) is 4.39 Å². The summed E-state index contributed by atoms with van der Waals surface area (Å²) in [5.41, 5.74) is 2.10. The molecule has 0 spiro atoms. The van der Waals surface area contributed by atoms with Crippen LogP contribution in [0.5, 0.6) is 5.75 Å². The van der Waals surface area contributed by atoms with Gasteiger partial charge < -0.3 is 9.15 Å². The minimum absolute atomic E-state index is 0.0295. The second-order valence-corrected chi connectivity index (χ2v) is 6.85. The van der Waals surface area contributed by atoms with Crippen molar-refractivity contribution in [2.45, 2.75) is 13.5 Å². The van der Waals surface area contributed by atoms with E-state index in [0.29, 0.717) is 22.3 Å². The number of ether oxygens (including phenoxy) is 1. The third-order valence-electron chi connectivity index (χ3n) is 4.49. The Hall–Kier alpha value is -3.11. The van der Waals surface area contributed by atoms with E-state index in [1.165, 1.54) is 12.1 Å². The van der Waals surface area contributed by atoms with Gasteiger partial charge in [-0.25, -0.2) is 4.39 Å². The van der Waals surface area contributed by atoms with E-state index >= 15 is 0 Å². The standard InChI is InChI=1S/C23H16ClFO3/c1-14-9-11-15(12-10-14)22-23(21(26)16-5-2-3-8-20(16)28-22)27-13-17-18(24)6-4-7-19(17)25/h2-12H,13H2,1H3. The Morgan fingerprint density at radius 3 is 2.50 bits per heavy atom. The molecule has 5 heteroatoms. The topological polar surface area (TPSA) is 39.4 Å². The molecule has 1 aromatic heterocycles. The minimum atomic E-state index is -0.491. The average Bonchev–Trinajstić information content (AvgIpc) is 2.69. The van der Waals surface area contributed by atoms with Crippen LogP contribution in [0.1, 0.15) is 11.1 Å². The van der Waals surface area contributed by atoms with Gasteiger partial charge in [0.25, 0.3) is 0 Å². The van der Waals surface area contributed by atoms with Gasteiger partial charge in [-0.1, -0.05) is 59.6 Å². The summed E-state index contributed by atoms with van der Waals surface area (Å²) in [6.07, 6.45) is 0. The van der Waals surface area contributed by atoms with Gasteiger partial charge in [0.2, 0.25) is 11.2 Å². The van der Waals surface area contributed by atoms with Gasteiger partial charge in [-0.05, 0) is 31.2 Å². The summed E-state index contributed by atoms with van der Waals surface area (Å²) in [4.78, 5) is 13.1. The Morgan fingerprint density at radius 2 is 1.75 bits per heavy atom. The van der Waals surface area contributed by atoms with Crippen LogP contribution in [-0.2, 0) is 6.61 Å². The fourth-order valence-corrected chi connectivity index (χ4v) is 3.18. The number of hydrogen-bond acceptors (Lipinski definition) is 3. The molecule has 0 fully saturated rings. The van der Waals surface area contributed by atoms with E-state index in [2.05, 4.69) is 0 Å². The van der Waals surface area contributed by atoms with Crippen molar-refractivity contribution in [1.29, 1.82) is 0 Å². The molecule has 0 aliphatic carbocycles. The smallest absolute Gasteiger partial charge is 0.235 e. The lowest BCUT2D eigenvalue weighted by Crippen LogP contribution is -2.11. The summed E-state index contributed by atoms with van der Waals surface area (Å²) in [5.74, 6) is -0.160. The molecule has 0 radical (unpaired) electrons. The van der Waals surface area contributed by atoms with E-state index in [0.717, 1.165) is 5.56 Å². The molecule has 140 valence electrons. The summed E-state index contributed by atoms with van der Waals surface area (Å²) in [7, 11) is 0. The maximum atomic E-state index is 14.1. The van der Waals surface area contributed by atoms with Crippen molar-refractivity contribution in [1.82, 2.24) is 0 Å². The molecule has 0 atom stereocenters. The van der Waals surface area contributed by atoms with E-state index in [4.69, 9.17) is 20.8 Å². The highest BCUT2D eigenvalue weighted by Gasteiger charge is 2.19. The molecular formula is C23H16ClFO3. The third-order valence-corrected chi connectivity index (χ3v) is 4.85. The van der Waals surface area contributed by atoms with Gasteiger partial charge in [-0.3, -0.25) is 4.79 Å². The van der Waals surface area contributed by atoms with Crippen molar-refractivity contribution in [2.24, 2.45) is 0 Å². The second kappa shape index (κ2) is 7.49. The van der Waals surface area contributed by atoms with Gasteiger partial charge in [0.05, 0.1) is 10.4 Å². The molecule has 1 heterocycles. The quantitative estimate of drug-likeness (QED) is 0.417. The summed E-state index contributed by atoms with van der Waals surface area (Å²) >= 11 is 6.08. The number of para-hydroxylation sites is 1. The van der Waals surface area contributed by atoms with Gasteiger partial charge in [-0.15, -0.1) is 0 Å². The molecule has 0 saturated carbocycles. The van der Waals surface area contributed by atoms with E-state index in [1.807, 2.05) is 31.2 Å². The van der Waals surface area contributed by atoms with Crippen molar-refractivity contribution in [3.63, 3.8) is 0 Å². The van der Waals surface area contributed by atoms with Crippen LogP contribution in [0.15, 0.2) is 75.9 Å². The molecule has 4 aromatic rings. The van der Waals surface area contributed by atoms with E-state index < -0.39 is 5.82 Å². The van der Waals surface area contributed by atoms with Crippen LogP contribution >= 0.6 is 11.6 Å².